The van der Waals surface area contributed by atoms with Crippen molar-refractivity contribution in [3.63, 3.8) is 0 Å². The van der Waals surface area contributed by atoms with Crippen LogP contribution in [-0.2, 0) is 19.0 Å². The van der Waals surface area contributed by atoms with Crippen LogP contribution in [0.25, 0.3) is 0 Å². The van der Waals surface area contributed by atoms with Crippen LogP contribution in [0.5, 0.6) is 0 Å². The molecule has 0 aromatic heterocycles. The van der Waals surface area contributed by atoms with Gasteiger partial charge in [-0.2, -0.15) is 0 Å². The third-order valence-corrected chi connectivity index (χ3v) is 3.72. The second-order valence-electron chi connectivity index (χ2n) is 7.36. The third kappa shape index (κ3) is 8.11. The summed E-state index contributed by atoms with van der Waals surface area (Å²) in [6.45, 7) is 9.24. The molecule has 6 heteroatoms. The van der Waals surface area contributed by atoms with E-state index in [-0.39, 0.29) is 24.6 Å². The van der Waals surface area contributed by atoms with Gasteiger partial charge < -0.3 is 24.4 Å². The fourth-order valence-corrected chi connectivity index (χ4v) is 2.46. The van der Waals surface area contributed by atoms with E-state index in [2.05, 4.69) is 0 Å². The fraction of sp³-hybridized carbons (Fsp3) is 0.941. The van der Waals surface area contributed by atoms with Crippen LogP contribution >= 0.6 is 0 Å². The van der Waals surface area contributed by atoms with E-state index < -0.39 is 24.1 Å². The number of aliphatic hydroxyl groups excluding tert-OH is 2. The number of hydrogen-bond acceptors (Lipinski definition) is 6. The molecule has 0 spiro atoms. The van der Waals surface area contributed by atoms with Crippen molar-refractivity contribution in [2.75, 3.05) is 0 Å². The van der Waals surface area contributed by atoms with Crippen LogP contribution in [0.3, 0.4) is 0 Å². The Hall–Kier alpha value is -0.690. The first-order chi connectivity index (χ1) is 10.6. The number of aliphatic hydroxyl groups is 2. The van der Waals surface area contributed by atoms with Gasteiger partial charge in [0, 0.05) is 12.8 Å². The summed E-state index contributed by atoms with van der Waals surface area (Å²) in [7, 11) is 0. The Morgan fingerprint density at radius 3 is 2.52 bits per heavy atom. The second-order valence-corrected chi connectivity index (χ2v) is 7.36. The van der Waals surface area contributed by atoms with Gasteiger partial charge >= 0.3 is 5.97 Å². The zero-order valence-corrected chi connectivity index (χ0v) is 14.9. The largest absolute Gasteiger partial charge is 0.460 e. The summed E-state index contributed by atoms with van der Waals surface area (Å²) >= 11 is 0. The molecule has 0 aromatic rings. The topological polar surface area (TPSA) is 85.2 Å². The Balaban J connectivity index is 2.19. The highest BCUT2D eigenvalue weighted by atomic mass is 16.7. The Morgan fingerprint density at radius 1 is 1.26 bits per heavy atom. The molecule has 0 aromatic carbocycles. The number of carbonyl (C=O) groups is 1. The molecule has 0 radical (unpaired) electrons. The van der Waals surface area contributed by atoms with E-state index in [0.29, 0.717) is 6.42 Å². The zero-order valence-electron chi connectivity index (χ0n) is 14.9. The predicted molar refractivity (Wildman–Crippen MR) is 85.8 cm³/mol. The van der Waals surface area contributed by atoms with E-state index in [1.165, 1.54) is 0 Å². The van der Waals surface area contributed by atoms with Crippen molar-refractivity contribution in [2.24, 2.45) is 0 Å². The average Bonchev–Trinajstić information content (AvgIpc) is 2.39. The highest BCUT2D eigenvalue weighted by Crippen LogP contribution is 2.23. The molecule has 6 nitrogen and oxygen atoms in total. The highest BCUT2D eigenvalue weighted by Gasteiger charge is 2.35. The van der Waals surface area contributed by atoms with Crippen molar-refractivity contribution >= 4 is 5.97 Å². The molecule has 0 saturated carbocycles. The van der Waals surface area contributed by atoms with Crippen molar-refractivity contribution in [3.8, 4) is 0 Å². The smallest absolute Gasteiger partial charge is 0.306 e. The number of ether oxygens (including phenoxy) is 3. The fourth-order valence-electron chi connectivity index (χ4n) is 2.46. The molecule has 1 fully saturated rings. The summed E-state index contributed by atoms with van der Waals surface area (Å²) in [5.74, 6) is -0.181. The zero-order chi connectivity index (χ0) is 17.6. The van der Waals surface area contributed by atoms with Gasteiger partial charge in [-0.1, -0.05) is 6.42 Å². The minimum absolute atomic E-state index is 0.0873. The Bertz CT molecular complexity index is 365. The van der Waals surface area contributed by atoms with Gasteiger partial charge in [0.2, 0.25) is 0 Å². The molecular formula is C17H32O6. The van der Waals surface area contributed by atoms with Crippen LogP contribution in [0.2, 0.25) is 0 Å². The summed E-state index contributed by atoms with van der Waals surface area (Å²) in [6.07, 6.45) is 0.402. The third-order valence-electron chi connectivity index (χ3n) is 3.72. The molecule has 2 N–H and O–H groups in total. The lowest BCUT2D eigenvalue weighted by atomic mass is 10.0. The minimum Gasteiger partial charge on any atom is -0.460 e. The van der Waals surface area contributed by atoms with Crippen LogP contribution in [0.4, 0.5) is 0 Å². The van der Waals surface area contributed by atoms with E-state index in [9.17, 15) is 15.0 Å². The van der Waals surface area contributed by atoms with E-state index in [4.69, 9.17) is 14.2 Å². The standard InChI is InChI=1S/C17H32O6/c1-11(8-6-7-9-15(20)23-17(3,4)5)21-16-14(19)10-13(18)12(2)22-16/h11-14,16,18-19H,6-10H2,1-5H3/t11-,12?,13-,14+,16-/m1/s1. The minimum atomic E-state index is -0.814. The first-order valence-corrected chi connectivity index (χ1v) is 8.47. The van der Waals surface area contributed by atoms with E-state index in [0.717, 1.165) is 19.3 Å². The lowest BCUT2D eigenvalue weighted by Crippen LogP contribution is -2.48. The predicted octanol–water partition coefficient (Wildman–Crippen LogP) is 2.15. The molecule has 1 aliphatic heterocycles. The normalized spacial score (nSPS) is 30.0. The van der Waals surface area contributed by atoms with Crippen LogP contribution in [-0.4, -0.2) is 52.5 Å². The molecule has 1 saturated heterocycles. The van der Waals surface area contributed by atoms with Crippen molar-refractivity contribution < 1.29 is 29.2 Å². The summed E-state index contributed by atoms with van der Waals surface area (Å²) in [6, 6.07) is 0. The van der Waals surface area contributed by atoms with Crippen LogP contribution in [0, 0.1) is 0 Å². The van der Waals surface area contributed by atoms with Crippen molar-refractivity contribution in [1.29, 1.82) is 0 Å². The van der Waals surface area contributed by atoms with Crippen LogP contribution < -0.4 is 0 Å². The lowest BCUT2D eigenvalue weighted by Gasteiger charge is -2.36. The van der Waals surface area contributed by atoms with Gasteiger partial charge in [-0.15, -0.1) is 0 Å². The molecular weight excluding hydrogens is 300 g/mol. The van der Waals surface area contributed by atoms with Gasteiger partial charge in [-0.05, 0) is 47.5 Å². The molecule has 0 bridgehead atoms. The van der Waals surface area contributed by atoms with Gasteiger partial charge in [0.15, 0.2) is 6.29 Å². The summed E-state index contributed by atoms with van der Waals surface area (Å²) in [5, 5.41) is 19.5. The molecule has 1 unspecified atom stereocenters. The molecule has 23 heavy (non-hydrogen) atoms. The van der Waals surface area contributed by atoms with Gasteiger partial charge in [0.05, 0.1) is 18.3 Å². The summed E-state index contributed by atoms with van der Waals surface area (Å²) in [5.41, 5.74) is -0.441. The Morgan fingerprint density at radius 2 is 1.91 bits per heavy atom. The monoisotopic (exact) mass is 332 g/mol. The van der Waals surface area contributed by atoms with Crippen molar-refractivity contribution in [1.82, 2.24) is 0 Å². The quantitative estimate of drug-likeness (QED) is 0.549. The van der Waals surface area contributed by atoms with Gasteiger partial charge in [0.1, 0.15) is 11.7 Å². The van der Waals surface area contributed by atoms with Crippen LogP contribution in [0.1, 0.15) is 66.7 Å². The van der Waals surface area contributed by atoms with E-state index in [1.807, 2.05) is 27.7 Å². The molecule has 0 amide bonds. The Labute approximate surface area is 139 Å². The highest BCUT2D eigenvalue weighted by molar-refractivity contribution is 5.69. The molecule has 1 rings (SSSR count). The summed E-state index contributed by atoms with van der Waals surface area (Å²) in [4.78, 5) is 11.6. The molecule has 1 aliphatic rings. The number of rotatable bonds is 7. The SMILES string of the molecule is CC1O[C@@H](O[C@H](C)CCCCC(=O)OC(C)(C)C)[C@@H](O)C[C@H]1O. The van der Waals surface area contributed by atoms with Gasteiger partial charge in [-0.25, -0.2) is 0 Å². The number of unbranched alkanes of at least 4 members (excludes halogenated alkanes) is 1. The number of esters is 1. The van der Waals surface area contributed by atoms with Gasteiger partial charge in [-0.3, -0.25) is 4.79 Å². The molecule has 136 valence electrons. The van der Waals surface area contributed by atoms with Crippen LogP contribution in [0.15, 0.2) is 0 Å². The first-order valence-electron chi connectivity index (χ1n) is 8.47. The number of hydrogen-bond donors (Lipinski definition) is 2. The van der Waals surface area contributed by atoms with E-state index >= 15 is 0 Å². The molecule has 5 atom stereocenters. The molecule has 0 aliphatic carbocycles. The van der Waals surface area contributed by atoms with E-state index in [1.54, 1.807) is 6.92 Å². The first kappa shape index (κ1) is 20.4. The number of carbonyl (C=O) groups excluding carboxylic acids is 1. The maximum absolute atomic E-state index is 11.6. The summed E-state index contributed by atoms with van der Waals surface area (Å²) < 4.78 is 16.5. The second kappa shape index (κ2) is 8.97. The molecule has 1 heterocycles. The van der Waals surface area contributed by atoms with Crippen molar-refractivity contribution in [2.45, 2.75) is 103 Å². The Kier molecular flexibility index (Phi) is 7.94. The maximum Gasteiger partial charge on any atom is 0.306 e. The maximum atomic E-state index is 11.6. The van der Waals surface area contributed by atoms with Gasteiger partial charge in [0.25, 0.3) is 0 Å². The van der Waals surface area contributed by atoms with Crippen molar-refractivity contribution in [3.05, 3.63) is 0 Å². The lowest BCUT2D eigenvalue weighted by molar-refractivity contribution is -0.273. The average molecular weight is 332 g/mol.